The van der Waals surface area contributed by atoms with E-state index in [4.69, 9.17) is 4.55 Å². The molecule has 0 bridgehead atoms. The van der Waals surface area contributed by atoms with Gasteiger partial charge in [-0.3, -0.25) is 4.55 Å². The Bertz CT molecular complexity index is 1120. The van der Waals surface area contributed by atoms with E-state index in [1.165, 1.54) is 33.2 Å². The van der Waals surface area contributed by atoms with Gasteiger partial charge in [-0.15, -0.1) is 0 Å². The van der Waals surface area contributed by atoms with Crippen molar-refractivity contribution in [1.29, 1.82) is 0 Å². The second-order valence-corrected chi connectivity index (χ2v) is 9.72. The van der Waals surface area contributed by atoms with E-state index in [1.807, 2.05) is 0 Å². The van der Waals surface area contributed by atoms with Crippen LogP contribution in [0.2, 0.25) is 0 Å². The molecule has 1 aliphatic carbocycles. The number of hydrogen-bond acceptors (Lipinski definition) is 3. The Morgan fingerprint density at radius 3 is 2.03 bits per heavy atom. The molecule has 1 N–H and O–H groups in total. The van der Waals surface area contributed by atoms with E-state index < -0.39 is 10.1 Å². The number of nitrogens with zero attached hydrogens (tertiary/aromatic N) is 1. The molecule has 4 nitrogen and oxygen atoms in total. The van der Waals surface area contributed by atoms with E-state index >= 15 is 0 Å². The van der Waals surface area contributed by atoms with Crippen molar-refractivity contribution in [3.05, 3.63) is 77.4 Å². The van der Waals surface area contributed by atoms with Gasteiger partial charge in [-0.1, -0.05) is 66.7 Å². The highest BCUT2D eigenvalue weighted by Crippen LogP contribution is 2.39. The van der Waals surface area contributed by atoms with Crippen LogP contribution in [0.3, 0.4) is 0 Å². The van der Waals surface area contributed by atoms with Gasteiger partial charge in [-0.25, -0.2) is 0 Å². The lowest BCUT2D eigenvalue weighted by Gasteiger charge is -2.39. The Kier molecular flexibility index (Phi) is 5.82. The first-order valence-corrected chi connectivity index (χ1v) is 11.4. The van der Waals surface area contributed by atoms with Crippen LogP contribution in [-0.2, 0) is 16.7 Å². The molecule has 0 fully saturated rings. The fourth-order valence-electron chi connectivity index (χ4n) is 3.59. The summed E-state index contributed by atoms with van der Waals surface area (Å²) in [5, 5.41) is 2.73. The fraction of sp³-hybridized carbons (Fsp3) is 0.250. The van der Waals surface area contributed by atoms with E-state index in [-0.39, 0.29) is 5.54 Å². The summed E-state index contributed by atoms with van der Waals surface area (Å²) >= 11 is 0. The molecule has 0 amide bonds. The number of benzene rings is 3. The average molecular weight is 410 g/mol. The van der Waals surface area contributed by atoms with Crippen molar-refractivity contribution in [3.8, 4) is 0 Å². The van der Waals surface area contributed by atoms with Crippen LogP contribution in [0.25, 0.3) is 22.9 Å². The maximum atomic E-state index is 9.19. The SMILES string of the molecule is CC(C)(C)N(Cc1ccccc1)c1ccc2c3c(cccc13)C=C2.CS(=O)(=O)O. The molecule has 5 heteroatoms. The molecule has 1 aliphatic rings. The Morgan fingerprint density at radius 1 is 0.862 bits per heavy atom. The summed E-state index contributed by atoms with van der Waals surface area (Å²) in [6.07, 6.45) is 5.16. The van der Waals surface area contributed by atoms with Crippen molar-refractivity contribution in [1.82, 2.24) is 0 Å². The minimum Gasteiger partial charge on any atom is -0.362 e. The van der Waals surface area contributed by atoms with Crippen LogP contribution in [0.4, 0.5) is 5.69 Å². The van der Waals surface area contributed by atoms with E-state index in [0.717, 1.165) is 6.54 Å². The zero-order valence-corrected chi connectivity index (χ0v) is 18.1. The zero-order chi connectivity index (χ0) is 21.2. The third kappa shape index (κ3) is 5.25. The van der Waals surface area contributed by atoms with Gasteiger partial charge in [-0.2, -0.15) is 8.42 Å². The molecule has 0 unspecified atom stereocenters. The molecular formula is C24H27NO3S. The van der Waals surface area contributed by atoms with Gasteiger partial charge >= 0.3 is 0 Å². The largest absolute Gasteiger partial charge is 0.362 e. The molecule has 0 saturated heterocycles. The van der Waals surface area contributed by atoms with Crippen LogP contribution in [0.1, 0.15) is 37.5 Å². The highest BCUT2D eigenvalue weighted by Gasteiger charge is 2.24. The van der Waals surface area contributed by atoms with Crippen LogP contribution in [0.5, 0.6) is 0 Å². The van der Waals surface area contributed by atoms with Crippen molar-refractivity contribution < 1.29 is 13.0 Å². The lowest BCUT2D eigenvalue weighted by atomic mass is 9.97. The van der Waals surface area contributed by atoms with Gasteiger partial charge in [0.05, 0.1) is 6.26 Å². The summed E-state index contributed by atoms with van der Waals surface area (Å²) in [5.74, 6) is 0. The van der Waals surface area contributed by atoms with Gasteiger partial charge < -0.3 is 4.90 Å². The monoisotopic (exact) mass is 409 g/mol. The van der Waals surface area contributed by atoms with Crippen molar-refractivity contribution >= 4 is 38.7 Å². The van der Waals surface area contributed by atoms with Crippen molar-refractivity contribution in [2.24, 2.45) is 0 Å². The molecule has 0 aliphatic heterocycles. The van der Waals surface area contributed by atoms with Crippen molar-refractivity contribution in [2.45, 2.75) is 32.9 Å². The van der Waals surface area contributed by atoms with Crippen LogP contribution in [0.15, 0.2) is 60.7 Å². The van der Waals surface area contributed by atoms with Gasteiger partial charge in [-0.05, 0) is 48.9 Å². The van der Waals surface area contributed by atoms with Gasteiger partial charge in [0, 0.05) is 23.2 Å². The van der Waals surface area contributed by atoms with Crippen LogP contribution >= 0.6 is 0 Å². The number of anilines is 1. The third-order valence-corrected chi connectivity index (χ3v) is 4.81. The second kappa shape index (κ2) is 8.01. The number of rotatable bonds is 3. The molecular weight excluding hydrogens is 382 g/mol. The first-order valence-electron chi connectivity index (χ1n) is 9.52. The average Bonchev–Trinajstić information content (AvgIpc) is 3.04. The van der Waals surface area contributed by atoms with Gasteiger partial charge in [0.25, 0.3) is 10.1 Å². The van der Waals surface area contributed by atoms with Crippen molar-refractivity contribution in [3.63, 3.8) is 0 Å². The zero-order valence-electron chi connectivity index (χ0n) is 17.3. The van der Waals surface area contributed by atoms with E-state index in [1.54, 1.807) is 0 Å². The lowest BCUT2D eigenvalue weighted by Crippen LogP contribution is -2.41. The molecule has 0 aromatic heterocycles. The van der Waals surface area contributed by atoms with Gasteiger partial charge in [0.1, 0.15) is 0 Å². The maximum Gasteiger partial charge on any atom is 0.261 e. The van der Waals surface area contributed by atoms with E-state index in [0.29, 0.717) is 6.26 Å². The topological polar surface area (TPSA) is 57.6 Å². The van der Waals surface area contributed by atoms with Gasteiger partial charge in [0.15, 0.2) is 0 Å². The molecule has 4 rings (SSSR count). The second-order valence-electron chi connectivity index (χ2n) is 8.25. The predicted octanol–water partition coefficient (Wildman–Crippen LogP) is 5.63. The number of hydrogen-bond donors (Lipinski definition) is 1. The molecule has 3 aromatic rings. The fourth-order valence-corrected chi connectivity index (χ4v) is 3.59. The third-order valence-electron chi connectivity index (χ3n) is 4.81. The summed E-state index contributed by atoms with van der Waals surface area (Å²) in [7, 11) is -3.67. The lowest BCUT2D eigenvalue weighted by molar-refractivity contribution is 0.490. The molecule has 0 spiro atoms. The van der Waals surface area contributed by atoms with Crippen LogP contribution < -0.4 is 4.90 Å². The summed E-state index contributed by atoms with van der Waals surface area (Å²) in [6.45, 7) is 7.78. The Balaban J connectivity index is 0.000000431. The molecule has 3 aromatic carbocycles. The molecule has 29 heavy (non-hydrogen) atoms. The summed E-state index contributed by atoms with van der Waals surface area (Å²) in [4.78, 5) is 2.52. The van der Waals surface area contributed by atoms with Gasteiger partial charge in [0.2, 0.25) is 0 Å². The standard InChI is InChI=1S/C23H23N.CH4O3S/c1-23(2,3)24(16-17-8-5-4-6-9-17)21-15-14-19-13-12-18-10-7-11-20(21)22(18)19;1-5(2,3)4/h4-15H,16H2,1-3H3;1H3,(H,2,3,4). The quantitative estimate of drug-likeness (QED) is 0.445. The first kappa shape index (κ1) is 21.1. The van der Waals surface area contributed by atoms with E-state index in [2.05, 4.69) is 98.5 Å². The first-order chi connectivity index (χ1) is 13.5. The van der Waals surface area contributed by atoms with E-state index in [9.17, 15) is 8.42 Å². The molecule has 152 valence electrons. The van der Waals surface area contributed by atoms with Crippen LogP contribution in [0, 0.1) is 0 Å². The molecule has 0 radical (unpaired) electrons. The predicted molar refractivity (Wildman–Crippen MR) is 123 cm³/mol. The molecule has 0 saturated carbocycles. The molecule has 0 heterocycles. The Hall–Kier alpha value is -2.63. The summed E-state index contributed by atoms with van der Waals surface area (Å²) in [5.41, 5.74) is 5.36. The maximum absolute atomic E-state index is 9.19. The normalized spacial score (nSPS) is 12.6. The highest BCUT2D eigenvalue weighted by atomic mass is 32.2. The Morgan fingerprint density at radius 2 is 1.45 bits per heavy atom. The van der Waals surface area contributed by atoms with Crippen molar-refractivity contribution in [2.75, 3.05) is 11.2 Å². The van der Waals surface area contributed by atoms with Crippen LogP contribution in [-0.4, -0.2) is 24.8 Å². The minimum atomic E-state index is -3.67. The molecule has 0 atom stereocenters. The highest BCUT2D eigenvalue weighted by molar-refractivity contribution is 7.85. The summed E-state index contributed by atoms with van der Waals surface area (Å²) < 4.78 is 25.9. The minimum absolute atomic E-state index is 0.0434. The smallest absolute Gasteiger partial charge is 0.261 e. The Labute approximate surface area is 173 Å². The summed E-state index contributed by atoms with van der Waals surface area (Å²) in [6, 6.07) is 21.9.